The molecular weight excluding hydrogens is 332 g/mol. The topological polar surface area (TPSA) is 40.5 Å². The van der Waals surface area contributed by atoms with E-state index in [1.54, 1.807) is 0 Å². The molecule has 5 rings (SSSR count). The summed E-state index contributed by atoms with van der Waals surface area (Å²) in [5.74, 6) is 7.64. The minimum absolute atomic E-state index is 0.373. The predicted molar refractivity (Wildman–Crippen MR) is 109 cm³/mol. The molecule has 27 heavy (non-hydrogen) atoms. The second-order valence-corrected chi connectivity index (χ2v) is 12.1. The summed E-state index contributed by atoms with van der Waals surface area (Å²) in [5, 5.41) is 20.6. The van der Waals surface area contributed by atoms with Crippen molar-refractivity contribution in [1.29, 1.82) is 0 Å². The molecule has 2 nitrogen and oxygen atoms in total. The van der Waals surface area contributed by atoms with E-state index in [4.69, 9.17) is 0 Å². The Balaban J connectivity index is 1.43. The largest absolute Gasteiger partial charge is 0.396 e. The lowest BCUT2D eigenvalue weighted by atomic mass is 9.47. The lowest BCUT2D eigenvalue weighted by molar-refractivity contribution is -0.111. The van der Waals surface area contributed by atoms with Gasteiger partial charge in [-0.15, -0.1) is 0 Å². The number of aliphatic hydroxyl groups is 2. The molecule has 0 bridgehead atoms. The Hall–Kier alpha value is -0.0800. The number of fused-ring (bicyclic) bond motifs is 5. The average molecular weight is 375 g/mol. The summed E-state index contributed by atoms with van der Waals surface area (Å²) in [7, 11) is 0. The summed E-state index contributed by atoms with van der Waals surface area (Å²) in [6, 6.07) is 0. The van der Waals surface area contributed by atoms with Gasteiger partial charge >= 0.3 is 0 Å². The van der Waals surface area contributed by atoms with E-state index in [1.165, 1.54) is 51.4 Å². The molecular formula is C25H42O2. The zero-order valence-electron chi connectivity index (χ0n) is 17.9. The lowest BCUT2D eigenvalue weighted by Crippen LogP contribution is -2.52. The molecule has 0 aromatic heterocycles. The number of aliphatic hydroxyl groups excluding tert-OH is 1. The first-order valence-corrected chi connectivity index (χ1v) is 12.2. The van der Waals surface area contributed by atoms with Crippen LogP contribution in [0.2, 0.25) is 0 Å². The molecule has 0 heterocycles. The Labute approximate surface area is 166 Å². The van der Waals surface area contributed by atoms with Gasteiger partial charge < -0.3 is 10.2 Å². The fourth-order valence-corrected chi connectivity index (χ4v) is 9.32. The zero-order valence-corrected chi connectivity index (χ0v) is 17.9. The normalized spacial score (nSPS) is 56.1. The van der Waals surface area contributed by atoms with Crippen molar-refractivity contribution in [1.82, 2.24) is 0 Å². The number of hydrogen-bond acceptors (Lipinski definition) is 2. The van der Waals surface area contributed by atoms with Gasteiger partial charge in [0.2, 0.25) is 0 Å². The molecule has 0 aromatic carbocycles. The van der Waals surface area contributed by atoms with Gasteiger partial charge in [-0.25, -0.2) is 0 Å². The molecule has 5 fully saturated rings. The number of rotatable bonds is 3. The van der Waals surface area contributed by atoms with Gasteiger partial charge in [-0.2, -0.15) is 0 Å². The van der Waals surface area contributed by atoms with Gasteiger partial charge in [-0.1, -0.05) is 13.8 Å². The van der Waals surface area contributed by atoms with Crippen LogP contribution in [0.1, 0.15) is 85.0 Å². The summed E-state index contributed by atoms with van der Waals surface area (Å²) in [6.07, 6.45) is 13.3. The van der Waals surface area contributed by atoms with Crippen LogP contribution in [-0.2, 0) is 0 Å². The van der Waals surface area contributed by atoms with E-state index < -0.39 is 5.60 Å². The van der Waals surface area contributed by atoms with Crippen molar-refractivity contribution in [3.63, 3.8) is 0 Å². The molecule has 0 aromatic rings. The first kappa shape index (κ1) is 18.9. The summed E-state index contributed by atoms with van der Waals surface area (Å²) in [6.45, 7) is 7.39. The van der Waals surface area contributed by atoms with Crippen molar-refractivity contribution < 1.29 is 10.2 Å². The van der Waals surface area contributed by atoms with Gasteiger partial charge in [-0.3, -0.25) is 0 Å². The van der Waals surface area contributed by atoms with Crippen LogP contribution in [0.5, 0.6) is 0 Å². The van der Waals surface area contributed by atoms with Gasteiger partial charge in [-0.05, 0) is 130 Å². The fourth-order valence-electron chi connectivity index (χ4n) is 9.32. The van der Waals surface area contributed by atoms with Crippen molar-refractivity contribution in [2.75, 3.05) is 6.61 Å². The highest BCUT2D eigenvalue weighted by atomic mass is 16.3. The van der Waals surface area contributed by atoms with Gasteiger partial charge in [0.05, 0.1) is 5.60 Å². The van der Waals surface area contributed by atoms with Crippen molar-refractivity contribution in [3.8, 4) is 0 Å². The third-order valence-corrected chi connectivity index (χ3v) is 10.6. The van der Waals surface area contributed by atoms with E-state index in [0.29, 0.717) is 17.9 Å². The monoisotopic (exact) mass is 374 g/mol. The maximum atomic E-state index is 10.6. The van der Waals surface area contributed by atoms with Gasteiger partial charge in [0.1, 0.15) is 0 Å². The van der Waals surface area contributed by atoms with E-state index in [-0.39, 0.29) is 0 Å². The minimum Gasteiger partial charge on any atom is -0.396 e. The molecule has 10 atom stereocenters. The molecule has 0 spiro atoms. The molecule has 154 valence electrons. The molecule has 2 heteroatoms. The Morgan fingerprint density at radius 3 is 2.26 bits per heavy atom. The van der Waals surface area contributed by atoms with Gasteiger partial charge in [0.15, 0.2) is 0 Å². The Bertz CT molecular complexity index is 567. The van der Waals surface area contributed by atoms with Crippen molar-refractivity contribution in [2.24, 2.45) is 58.7 Å². The average Bonchev–Trinajstić information content (AvgIpc) is 3.42. The molecule has 0 amide bonds. The van der Waals surface area contributed by atoms with Crippen molar-refractivity contribution in [3.05, 3.63) is 0 Å². The number of hydrogen-bond donors (Lipinski definition) is 2. The van der Waals surface area contributed by atoms with E-state index in [0.717, 1.165) is 60.2 Å². The van der Waals surface area contributed by atoms with Crippen LogP contribution in [0, 0.1) is 58.7 Å². The molecule has 0 saturated heterocycles. The first-order chi connectivity index (χ1) is 12.8. The second kappa shape index (κ2) is 6.46. The van der Waals surface area contributed by atoms with Crippen LogP contribution in [0.4, 0.5) is 0 Å². The molecule has 0 aliphatic heterocycles. The molecule has 5 aliphatic rings. The predicted octanol–water partition coefficient (Wildman–Crippen LogP) is 5.27. The maximum Gasteiger partial charge on any atom is 0.0622 e. The molecule has 0 radical (unpaired) electrons. The van der Waals surface area contributed by atoms with E-state index >= 15 is 0 Å². The van der Waals surface area contributed by atoms with Crippen molar-refractivity contribution >= 4 is 0 Å². The van der Waals surface area contributed by atoms with Crippen LogP contribution < -0.4 is 0 Å². The summed E-state index contributed by atoms with van der Waals surface area (Å²) < 4.78 is 0. The van der Waals surface area contributed by atoms with Crippen LogP contribution in [0.3, 0.4) is 0 Å². The standard InChI is InChI=1S/C25H42O2/c1-15(14-26)22-12-21(16-4-5-16)23-20-7-6-17-13-24(2,27)10-8-18(17)19(20)9-11-25(22,23)3/h15-23,26-27H,4-14H2,1-3H3/t15?,17-,18+,19-,20-,21+,22-,23-,24-,25-/m1/s1. The highest BCUT2D eigenvalue weighted by Gasteiger charge is 2.63. The Morgan fingerprint density at radius 2 is 1.56 bits per heavy atom. The highest BCUT2D eigenvalue weighted by Crippen LogP contribution is 2.70. The van der Waals surface area contributed by atoms with Crippen molar-refractivity contribution in [2.45, 2.75) is 90.6 Å². The SMILES string of the molecule is CC(CO)[C@H]1C[C@@H](C2CC2)[C@H]2[C@@H]3CC[C@@H]4C[C@](C)(O)CC[C@@H]4[C@H]3CC[C@@]21C. The van der Waals surface area contributed by atoms with E-state index in [9.17, 15) is 10.2 Å². The van der Waals surface area contributed by atoms with Gasteiger partial charge in [0.25, 0.3) is 0 Å². The van der Waals surface area contributed by atoms with E-state index in [2.05, 4.69) is 20.8 Å². The third kappa shape index (κ3) is 2.95. The fraction of sp³-hybridized carbons (Fsp3) is 1.00. The third-order valence-electron chi connectivity index (χ3n) is 10.6. The summed E-state index contributed by atoms with van der Waals surface area (Å²) in [5.41, 5.74) is 0.0757. The zero-order chi connectivity index (χ0) is 19.0. The molecule has 2 N–H and O–H groups in total. The molecule has 1 unspecified atom stereocenters. The van der Waals surface area contributed by atoms with Crippen LogP contribution in [-0.4, -0.2) is 22.4 Å². The molecule has 5 aliphatic carbocycles. The summed E-state index contributed by atoms with van der Waals surface area (Å²) >= 11 is 0. The lowest BCUT2D eigenvalue weighted by Gasteiger charge is -2.58. The van der Waals surface area contributed by atoms with E-state index in [1.807, 2.05) is 0 Å². The maximum absolute atomic E-state index is 10.6. The molecule has 5 saturated carbocycles. The smallest absolute Gasteiger partial charge is 0.0622 e. The first-order valence-electron chi connectivity index (χ1n) is 12.2. The Morgan fingerprint density at radius 1 is 0.852 bits per heavy atom. The summed E-state index contributed by atoms with van der Waals surface area (Å²) in [4.78, 5) is 0. The quantitative estimate of drug-likeness (QED) is 0.706. The van der Waals surface area contributed by atoms with Crippen LogP contribution >= 0.6 is 0 Å². The van der Waals surface area contributed by atoms with Crippen LogP contribution in [0.15, 0.2) is 0 Å². The second-order valence-electron chi connectivity index (χ2n) is 12.1. The Kier molecular flexibility index (Phi) is 4.53. The highest BCUT2D eigenvalue weighted by molar-refractivity contribution is 5.11. The van der Waals surface area contributed by atoms with Gasteiger partial charge in [0, 0.05) is 6.61 Å². The minimum atomic E-state index is -0.400. The van der Waals surface area contributed by atoms with Crippen LogP contribution in [0.25, 0.3) is 0 Å².